The number of unbranched alkanes of at least 4 members (excludes halogenated alkanes) is 2. The molecular weight excluding hydrogens is 182 g/mol. The molecule has 1 aromatic rings. The van der Waals surface area contributed by atoms with E-state index in [1.165, 1.54) is 12.8 Å². The maximum Gasteiger partial charge on any atom is 0.0994 e. The third kappa shape index (κ3) is 2.86. The lowest BCUT2D eigenvalue weighted by atomic mass is 9.97. The van der Waals surface area contributed by atoms with Gasteiger partial charge in [0.1, 0.15) is 0 Å². The van der Waals surface area contributed by atoms with E-state index < -0.39 is 0 Å². The smallest absolute Gasteiger partial charge is 0.0994 e. The first-order valence-corrected chi connectivity index (χ1v) is 5.32. The van der Waals surface area contributed by atoms with E-state index in [0.717, 1.165) is 29.5 Å². The Bertz CT molecular complexity index is 372. The van der Waals surface area contributed by atoms with E-state index in [1.807, 2.05) is 18.2 Å². The van der Waals surface area contributed by atoms with Gasteiger partial charge in [-0.25, -0.2) is 0 Å². The first-order chi connectivity index (χ1) is 7.33. The summed E-state index contributed by atoms with van der Waals surface area (Å²) in [4.78, 5) is 0. The van der Waals surface area contributed by atoms with Crippen molar-refractivity contribution in [3.8, 4) is 18.4 Å². The summed E-state index contributed by atoms with van der Waals surface area (Å²) in [6.07, 6.45) is 9.80. The Balaban J connectivity index is 2.93. The van der Waals surface area contributed by atoms with E-state index in [0.29, 0.717) is 0 Å². The zero-order valence-corrected chi connectivity index (χ0v) is 9.09. The highest BCUT2D eigenvalue weighted by Gasteiger charge is 2.05. The zero-order valence-electron chi connectivity index (χ0n) is 9.09. The summed E-state index contributed by atoms with van der Waals surface area (Å²) in [7, 11) is 0. The molecule has 0 aliphatic rings. The maximum atomic E-state index is 8.98. The Hall–Kier alpha value is -1.73. The topological polar surface area (TPSA) is 23.8 Å². The van der Waals surface area contributed by atoms with Gasteiger partial charge in [0.25, 0.3) is 0 Å². The lowest BCUT2D eigenvalue weighted by Gasteiger charge is -2.06. The van der Waals surface area contributed by atoms with Gasteiger partial charge in [-0.05, 0) is 30.5 Å². The van der Waals surface area contributed by atoms with E-state index in [9.17, 15) is 0 Å². The number of hydrogen-bond acceptors (Lipinski definition) is 1. The van der Waals surface area contributed by atoms with Gasteiger partial charge in [-0.15, -0.1) is 6.42 Å². The van der Waals surface area contributed by atoms with Crippen molar-refractivity contribution < 1.29 is 0 Å². The van der Waals surface area contributed by atoms with E-state index in [2.05, 4.69) is 18.9 Å². The minimum atomic E-state index is 0.724. The highest BCUT2D eigenvalue weighted by molar-refractivity contribution is 5.49. The van der Waals surface area contributed by atoms with Crippen LogP contribution in [0.5, 0.6) is 0 Å². The predicted molar refractivity (Wildman–Crippen MR) is 62.3 cm³/mol. The van der Waals surface area contributed by atoms with E-state index in [1.54, 1.807) is 0 Å². The summed E-state index contributed by atoms with van der Waals surface area (Å²) >= 11 is 0. The second-order valence-electron chi connectivity index (χ2n) is 3.54. The molecule has 0 fully saturated rings. The lowest BCUT2D eigenvalue weighted by Crippen LogP contribution is -1.95. The van der Waals surface area contributed by atoms with Crippen molar-refractivity contribution in [1.29, 1.82) is 5.26 Å². The van der Waals surface area contributed by atoms with Gasteiger partial charge < -0.3 is 0 Å². The minimum Gasteiger partial charge on any atom is -0.192 e. The molecule has 0 aliphatic carbocycles. The zero-order chi connectivity index (χ0) is 11.1. The average Bonchev–Trinajstić information content (AvgIpc) is 2.29. The van der Waals surface area contributed by atoms with Crippen LogP contribution in [0.15, 0.2) is 18.2 Å². The second kappa shape index (κ2) is 5.89. The van der Waals surface area contributed by atoms with Gasteiger partial charge in [0.05, 0.1) is 11.6 Å². The molecule has 0 heterocycles. The quantitative estimate of drug-likeness (QED) is 0.537. The highest BCUT2D eigenvalue weighted by atomic mass is 14.2. The lowest BCUT2D eigenvalue weighted by molar-refractivity contribution is 0.716. The molecule has 0 unspecified atom stereocenters. The largest absolute Gasteiger partial charge is 0.192 e. The minimum absolute atomic E-state index is 0.724. The van der Waals surface area contributed by atoms with Crippen LogP contribution in [0.4, 0.5) is 0 Å². The number of nitriles is 1. The molecule has 1 heteroatoms. The van der Waals surface area contributed by atoms with Gasteiger partial charge in [-0.1, -0.05) is 31.8 Å². The summed E-state index contributed by atoms with van der Waals surface area (Å²) in [6.45, 7) is 2.16. The van der Waals surface area contributed by atoms with Crippen LogP contribution in [-0.4, -0.2) is 0 Å². The molecule has 1 rings (SSSR count). The van der Waals surface area contributed by atoms with Gasteiger partial charge in [0.2, 0.25) is 0 Å². The Morgan fingerprint density at radius 2 is 2.00 bits per heavy atom. The fourth-order valence-corrected chi connectivity index (χ4v) is 1.65. The molecule has 0 N–H and O–H groups in total. The molecular formula is C14H15N. The van der Waals surface area contributed by atoms with E-state index >= 15 is 0 Å². The van der Waals surface area contributed by atoms with Crippen LogP contribution in [0, 0.1) is 23.7 Å². The van der Waals surface area contributed by atoms with Crippen LogP contribution in [0.25, 0.3) is 0 Å². The van der Waals surface area contributed by atoms with E-state index in [4.69, 9.17) is 11.7 Å². The van der Waals surface area contributed by atoms with Crippen molar-refractivity contribution in [2.45, 2.75) is 32.6 Å². The number of rotatable bonds is 4. The number of benzene rings is 1. The van der Waals surface area contributed by atoms with E-state index in [-0.39, 0.29) is 0 Å². The van der Waals surface area contributed by atoms with Gasteiger partial charge in [-0.2, -0.15) is 5.26 Å². The molecule has 76 valence electrons. The van der Waals surface area contributed by atoms with Crippen molar-refractivity contribution in [1.82, 2.24) is 0 Å². The molecule has 0 aromatic heterocycles. The van der Waals surface area contributed by atoms with Crippen LogP contribution < -0.4 is 0 Å². The molecule has 0 amide bonds. The molecule has 0 bridgehead atoms. The van der Waals surface area contributed by atoms with Crippen LogP contribution in [-0.2, 0) is 6.42 Å². The standard InChI is InChI=1S/C14H15N/c1-3-5-6-10-14-12(4-2)8-7-9-13(14)11-15/h2,7-9H,3,5-6,10H2,1H3. The normalized spacial score (nSPS) is 9.27. The van der Waals surface area contributed by atoms with Gasteiger partial charge in [-0.3, -0.25) is 0 Å². The Kier molecular flexibility index (Phi) is 4.45. The van der Waals surface area contributed by atoms with Crippen molar-refractivity contribution in [2.75, 3.05) is 0 Å². The predicted octanol–water partition coefficient (Wildman–Crippen LogP) is 3.27. The summed E-state index contributed by atoms with van der Waals surface area (Å²) in [5.74, 6) is 2.65. The number of nitrogens with zero attached hydrogens (tertiary/aromatic N) is 1. The molecule has 0 saturated carbocycles. The van der Waals surface area contributed by atoms with Gasteiger partial charge in [0.15, 0.2) is 0 Å². The third-order valence-electron chi connectivity index (χ3n) is 2.48. The first kappa shape index (κ1) is 11.3. The fourth-order valence-electron chi connectivity index (χ4n) is 1.65. The SMILES string of the molecule is C#Cc1cccc(C#N)c1CCCCC. The summed E-state index contributed by atoms with van der Waals surface area (Å²) in [5, 5.41) is 8.98. The second-order valence-corrected chi connectivity index (χ2v) is 3.54. The molecule has 0 saturated heterocycles. The van der Waals surface area contributed by atoms with Crippen molar-refractivity contribution >= 4 is 0 Å². The molecule has 0 radical (unpaired) electrons. The van der Waals surface area contributed by atoms with Crippen molar-refractivity contribution in [3.05, 3.63) is 34.9 Å². The molecule has 15 heavy (non-hydrogen) atoms. The Morgan fingerprint density at radius 3 is 2.60 bits per heavy atom. The van der Waals surface area contributed by atoms with Crippen molar-refractivity contribution in [3.63, 3.8) is 0 Å². The molecule has 0 spiro atoms. The summed E-state index contributed by atoms with van der Waals surface area (Å²) < 4.78 is 0. The Labute approximate surface area is 91.7 Å². The third-order valence-corrected chi connectivity index (χ3v) is 2.48. The van der Waals surface area contributed by atoms with Crippen LogP contribution in [0.2, 0.25) is 0 Å². The summed E-state index contributed by atoms with van der Waals surface area (Å²) in [6, 6.07) is 7.79. The molecule has 1 nitrogen and oxygen atoms in total. The molecule has 0 aliphatic heterocycles. The summed E-state index contributed by atoms with van der Waals surface area (Å²) in [5.41, 5.74) is 2.63. The van der Waals surface area contributed by atoms with Crippen LogP contribution >= 0.6 is 0 Å². The molecule has 0 atom stereocenters. The monoisotopic (exact) mass is 197 g/mol. The number of hydrogen-bond donors (Lipinski definition) is 0. The van der Waals surface area contributed by atoms with Crippen molar-refractivity contribution in [2.24, 2.45) is 0 Å². The van der Waals surface area contributed by atoms with Crippen LogP contribution in [0.1, 0.15) is 42.9 Å². The highest BCUT2D eigenvalue weighted by Crippen LogP contribution is 2.16. The van der Waals surface area contributed by atoms with Crippen LogP contribution in [0.3, 0.4) is 0 Å². The Morgan fingerprint density at radius 1 is 1.27 bits per heavy atom. The first-order valence-electron chi connectivity index (χ1n) is 5.32. The maximum absolute atomic E-state index is 8.98. The average molecular weight is 197 g/mol. The van der Waals surface area contributed by atoms with Gasteiger partial charge >= 0.3 is 0 Å². The number of terminal acetylenes is 1. The van der Waals surface area contributed by atoms with Gasteiger partial charge in [0, 0.05) is 5.56 Å². The fraction of sp³-hybridized carbons (Fsp3) is 0.357. The molecule has 1 aromatic carbocycles.